The van der Waals surface area contributed by atoms with Crippen LogP contribution in [-0.4, -0.2) is 0 Å². The van der Waals surface area contributed by atoms with Gasteiger partial charge in [0.15, 0.2) is 0 Å². The lowest BCUT2D eigenvalue weighted by Gasteiger charge is -2.29. The SMILES string of the molecule is c1ccc(-c2ccc(N(c3cccc4cc5c(cc34)oc3ccccc35)c3cc4ccccc4c4ccc5ccccc5c34)cc2)cc1. The van der Waals surface area contributed by atoms with Crippen molar-refractivity contribution in [3.05, 3.63) is 176 Å². The van der Waals surface area contributed by atoms with Gasteiger partial charge in [-0.3, -0.25) is 0 Å². The quantitative estimate of drug-likeness (QED) is 0.184. The fourth-order valence-corrected chi connectivity index (χ4v) is 7.55. The van der Waals surface area contributed by atoms with E-state index in [0.29, 0.717) is 0 Å². The summed E-state index contributed by atoms with van der Waals surface area (Å²) in [6, 6.07) is 63.4. The van der Waals surface area contributed by atoms with Crippen molar-refractivity contribution < 1.29 is 4.42 Å². The molecule has 2 heteroatoms. The number of benzene rings is 9. The van der Waals surface area contributed by atoms with Gasteiger partial charge in [-0.05, 0) is 85.9 Å². The first-order valence-electron chi connectivity index (χ1n) is 16.4. The van der Waals surface area contributed by atoms with Gasteiger partial charge in [-0.25, -0.2) is 0 Å². The molecule has 0 atom stereocenters. The molecular formula is C46H29NO. The summed E-state index contributed by atoms with van der Waals surface area (Å²) in [4.78, 5) is 2.45. The Morgan fingerprint density at radius 3 is 1.85 bits per heavy atom. The zero-order chi connectivity index (χ0) is 31.6. The summed E-state index contributed by atoms with van der Waals surface area (Å²) < 4.78 is 6.44. The number of para-hydroxylation sites is 1. The van der Waals surface area contributed by atoms with E-state index in [-0.39, 0.29) is 0 Å². The number of anilines is 3. The Balaban J connectivity index is 1.31. The molecule has 0 unspecified atom stereocenters. The van der Waals surface area contributed by atoms with E-state index in [2.05, 4.69) is 169 Å². The summed E-state index contributed by atoms with van der Waals surface area (Å²) in [7, 11) is 0. The molecule has 0 saturated carbocycles. The topological polar surface area (TPSA) is 16.4 Å². The van der Waals surface area contributed by atoms with Gasteiger partial charge < -0.3 is 9.32 Å². The van der Waals surface area contributed by atoms with Gasteiger partial charge in [0.05, 0.1) is 11.4 Å². The highest BCUT2D eigenvalue weighted by atomic mass is 16.3. The lowest BCUT2D eigenvalue weighted by Crippen LogP contribution is -2.11. The lowest BCUT2D eigenvalue weighted by atomic mass is 9.94. The van der Waals surface area contributed by atoms with Gasteiger partial charge in [-0.2, -0.15) is 0 Å². The summed E-state index contributed by atoms with van der Waals surface area (Å²) in [5.74, 6) is 0. The third kappa shape index (κ3) is 4.13. The molecule has 0 aliphatic rings. The van der Waals surface area contributed by atoms with E-state index in [1.54, 1.807) is 0 Å². The van der Waals surface area contributed by atoms with E-state index in [1.807, 2.05) is 12.1 Å². The van der Waals surface area contributed by atoms with Crippen molar-refractivity contribution in [1.82, 2.24) is 0 Å². The minimum atomic E-state index is 0.893. The van der Waals surface area contributed by atoms with Gasteiger partial charge in [0, 0.05) is 27.2 Å². The zero-order valence-corrected chi connectivity index (χ0v) is 26.1. The molecule has 2 nitrogen and oxygen atoms in total. The second kappa shape index (κ2) is 10.6. The average Bonchev–Trinajstić information content (AvgIpc) is 3.52. The van der Waals surface area contributed by atoms with Crippen LogP contribution in [0.5, 0.6) is 0 Å². The van der Waals surface area contributed by atoms with E-state index in [0.717, 1.165) is 44.4 Å². The van der Waals surface area contributed by atoms with Crippen molar-refractivity contribution >= 4 is 82.1 Å². The highest BCUT2D eigenvalue weighted by Crippen LogP contribution is 2.47. The van der Waals surface area contributed by atoms with E-state index >= 15 is 0 Å². The van der Waals surface area contributed by atoms with Crippen LogP contribution in [0.2, 0.25) is 0 Å². The van der Waals surface area contributed by atoms with Gasteiger partial charge in [-0.1, -0.05) is 133 Å². The predicted molar refractivity (Wildman–Crippen MR) is 204 cm³/mol. The highest BCUT2D eigenvalue weighted by Gasteiger charge is 2.22. The molecule has 0 fully saturated rings. The van der Waals surface area contributed by atoms with Gasteiger partial charge in [0.25, 0.3) is 0 Å². The smallest absolute Gasteiger partial charge is 0.136 e. The molecule has 0 saturated heterocycles. The largest absolute Gasteiger partial charge is 0.456 e. The Morgan fingerprint density at radius 2 is 1.00 bits per heavy atom. The Hall–Kier alpha value is -6.38. The van der Waals surface area contributed by atoms with Crippen molar-refractivity contribution in [3.8, 4) is 11.1 Å². The van der Waals surface area contributed by atoms with Crippen LogP contribution >= 0.6 is 0 Å². The average molecular weight is 612 g/mol. The van der Waals surface area contributed by atoms with Crippen molar-refractivity contribution in [2.45, 2.75) is 0 Å². The van der Waals surface area contributed by atoms with Gasteiger partial charge in [0.2, 0.25) is 0 Å². The van der Waals surface area contributed by atoms with Crippen molar-refractivity contribution in [2.75, 3.05) is 4.90 Å². The Bertz CT molecular complexity index is 2830. The van der Waals surface area contributed by atoms with Gasteiger partial charge in [0.1, 0.15) is 11.2 Å². The van der Waals surface area contributed by atoms with Crippen LogP contribution in [0, 0.1) is 0 Å². The molecule has 1 heterocycles. The van der Waals surface area contributed by atoms with Crippen LogP contribution in [0.3, 0.4) is 0 Å². The minimum Gasteiger partial charge on any atom is -0.456 e. The molecule has 48 heavy (non-hydrogen) atoms. The zero-order valence-electron chi connectivity index (χ0n) is 26.1. The molecule has 1 aromatic heterocycles. The van der Waals surface area contributed by atoms with E-state index < -0.39 is 0 Å². The Kier molecular flexibility index (Phi) is 5.91. The third-order valence-corrected chi connectivity index (χ3v) is 9.80. The third-order valence-electron chi connectivity index (χ3n) is 9.80. The lowest BCUT2D eigenvalue weighted by molar-refractivity contribution is 0.669. The summed E-state index contributed by atoms with van der Waals surface area (Å²) >= 11 is 0. The second-order valence-corrected chi connectivity index (χ2v) is 12.5. The number of nitrogens with zero attached hydrogens (tertiary/aromatic N) is 1. The molecule has 0 radical (unpaired) electrons. The first kappa shape index (κ1) is 26.8. The van der Waals surface area contributed by atoms with Gasteiger partial charge >= 0.3 is 0 Å². The molecule has 0 bridgehead atoms. The molecule has 0 aliphatic carbocycles. The molecule has 224 valence electrons. The number of furan rings is 1. The first-order chi connectivity index (χ1) is 23.8. The predicted octanol–water partition coefficient (Wildman–Crippen LogP) is 13.3. The fraction of sp³-hybridized carbons (Fsp3) is 0. The number of rotatable bonds is 4. The molecule has 10 aromatic rings. The van der Waals surface area contributed by atoms with Crippen molar-refractivity contribution in [2.24, 2.45) is 0 Å². The summed E-state index contributed by atoms with van der Waals surface area (Å²) in [6.07, 6.45) is 0. The standard InChI is InChI=1S/C46H29NO/c1-2-11-30(12-3-1)31-21-24-35(25-22-31)47(42-19-10-15-33-27-41-38-18-8-9-20-44(38)48-45(41)29-40(33)42)43-28-34-14-5-6-16-36(34)39-26-23-32-13-4-7-17-37(32)46(39)43/h1-29H. The maximum absolute atomic E-state index is 6.44. The van der Waals surface area contributed by atoms with Gasteiger partial charge in [-0.15, -0.1) is 0 Å². The molecule has 0 spiro atoms. The Labute approximate surface area is 277 Å². The molecule has 0 N–H and O–H groups in total. The van der Waals surface area contributed by atoms with Crippen molar-refractivity contribution in [1.29, 1.82) is 0 Å². The van der Waals surface area contributed by atoms with Crippen molar-refractivity contribution in [3.63, 3.8) is 0 Å². The summed E-state index contributed by atoms with van der Waals surface area (Å²) in [5.41, 5.74) is 7.53. The number of fused-ring (bicyclic) bond motifs is 9. The van der Waals surface area contributed by atoms with Crippen LogP contribution < -0.4 is 4.90 Å². The second-order valence-electron chi connectivity index (χ2n) is 12.5. The van der Waals surface area contributed by atoms with E-state index in [9.17, 15) is 0 Å². The van der Waals surface area contributed by atoms with E-state index in [1.165, 1.54) is 48.8 Å². The molecule has 9 aromatic carbocycles. The maximum atomic E-state index is 6.44. The number of hydrogen-bond donors (Lipinski definition) is 0. The first-order valence-corrected chi connectivity index (χ1v) is 16.4. The molecule has 0 amide bonds. The molecule has 10 rings (SSSR count). The maximum Gasteiger partial charge on any atom is 0.136 e. The Morgan fingerprint density at radius 1 is 0.333 bits per heavy atom. The summed E-state index contributed by atoms with van der Waals surface area (Å²) in [5, 5.41) is 12.0. The van der Waals surface area contributed by atoms with Crippen LogP contribution in [0.15, 0.2) is 180 Å². The minimum absolute atomic E-state index is 0.893. The van der Waals surface area contributed by atoms with Crippen LogP contribution in [0.25, 0.3) is 76.2 Å². The van der Waals surface area contributed by atoms with Crippen LogP contribution in [0.4, 0.5) is 17.1 Å². The monoisotopic (exact) mass is 611 g/mol. The highest BCUT2D eigenvalue weighted by molar-refractivity contribution is 6.24. The van der Waals surface area contributed by atoms with Crippen LogP contribution in [0.1, 0.15) is 0 Å². The normalized spacial score (nSPS) is 11.8. The number of hydrogen-bond acceptors (Lipinski definition) is 2. The fourth-order valence-electron chi connectivity index (χ4n) is 7.55. The molecule has 0 aliphatic heterocycles. The summed E-state index contributed by atoms with van der Waals surface area (Å²) in [6.45, 7) is 0. The molecular weight excluding hydrogens is 583 g/mol. The van der Waals surface area contributed by atoms with Crippen LogP contribution in [-0.2, 0) is 0 Å². The van der Waals surface area contributed by atoms with E-state index in [4.69, 9.17) is 4.42 Å².